The van der Waals surface area contributed by atoms with E-state index in [1.165, 1.54) is 0 Å². The van der Waals surface area contributed by atoms with Crippen molar-refractivity contribution >= 4 is 11.9 Å². The predicted molar refractivity (Wildman–Crippen MR) is 108 cm³/mol. The van der Waals surface area contributed by atoms with Gasteiger partial charge in [-0.25, -0.2) is 4.79 Å². The van der Waals surface area contributed by atoms with Crippen LogP contribution in [0.15, 0.2) is 78.9 Å². The summed E-state index contributed by atoms with van der Waals surface area (Å²) in [5, 5.41) is 0. The molecule has 1 aliphatic heterocycles. The van der Waals surface area contributed by atoms with Crippen LogP contribution in [0.2, 0.25) is 0 Å². The van der Waals surface area contributed by atoms with Crippen LogP contribution in [-0.4, -0.2) is 29.9 Å². The van der Waals surface area contributed by atoms with Crippen LogP contribution < -0.4 is 0 Å². The summed E-state index contributed by atoms with van der Waals surface area (Å²) in [4.78, 5) is 26.6. The fraction of sp³-hybridized carbons (Fsp3) is 0.167. The molecule has 0 fully saturated rings. The Bertz CT molecular complexity index is 996. The van der Waals surface area contributed by atoms with Crippen molar-refractivity contribution in [1.82, 2.24) is 4.90 Å². The zero-order valence-corrected chi connectivity index (χ0v) is 15.7. The number of likely N-dealkylation sites (N-methyl/N-ethyl adjacent to an activating group) is 1. The number of benzene rings is 3. The van der Waals surface area contributed by atoms with Crippen LogP contribution in [0.1, 0.15) is 21.5 Å². The van der Waals surface area contributed by atoms with Gasteiger partial charge in [0.1, 0.15) is 0 Å². The Morgan fingerprint density at radius 1 is 0.929 bits per heavy atom. The van der Waals surface area contributed by atoms with Crippen LogP contribution >= 0.6 is 0 Å². The monoisotopic (exact) mass is 371 g/mol. The van der Waals surface area contributed by atoms with Gasteiger partial charge in [0.15, 0.2) is 6.10 Å². The average Bonchev–Trinajstić information content (AvgIpc) is 2.74. The Morgan fingerprint density at radius 2 is 1.57 bits per heavy atom. The van der Waals surface area contributed by atoms with Crippen molar-refractivity contribution in [2.75, 3.05) is 7.05 Å². The molecule has 4 nitrogen and oxygen atoms in total. The van der Waals surface area contributed by atoms with Crippen LogP contribution in [0.5, 0.6) is 0 Å². The molecule has 1 atom stereocenters. The third kappa shape index (κ3) is 3.67. The Labute approximate surface area is 164 Å². The first kappa shape index (κ1) is 18.0. The molecule has 3 aromatic rings. The highest BCUT2D eigenvalue weighted by Gasteiger charge is 2.32. The van der Waals surface area contributed by atoms with Gasteiger partial charge in [-0.05, 0) is 28.3 Å². The first-order valence-corrected chi connectivity index (χ1v) is 9.30. The molecule has 1 unspecified atom stereocenters. The number of hydrogen-bond acceptors (Lipinski definition) is 3. The lowest BCUT2D eigenvalue weighted by Gasteiger charge is -2.27. The number of esters is 1. The van der Waals surface area contributed by atoms with Gasteiger partial charge in [-0.3, -0.25) is 4.79 Å². The number of carbonyl (C=O) groups excluding carboxylic acids is 2. The van der Waals surface area contributed by atoms with Crippen LogP contribution in [-0.2, 0) is 22.5 Å². The highest BCUT2D eigenvalue weighted by molar-refractivity contribution is 5.95. The van der Waals surface area contributed by atoms with E-state index in [0.29, 0.717) is 18.5 Å². The van der Waals surface area contributed by atoms with E-state index < -0.39 is 12.1 Å². The van der Waals surface area contributed by atoms with E-state index in [1.807, 2.05) is 42.5 Å². The number of hydrogen-bond donors (Lipinski definition) is 0. The summed E-state index contributed by atoms with van der Waals surface area (Å²) in [5.74, 6) is -0.615. The van der Waals surface area contributed by atoms with Gasteiger partial charge in [0.25, 0.3) is 5.91 Å². The molecule has 0 spiro atoms. The highest BCUT2D eigenvalue weighted by Crippen LogP contribution is 2.23. The van der Waals surface area contributed by atoms with Crippen molar-refractivity contribution < 1.29 is 14.3 Å². The summed E-state index contributed by atoms with van der Waals surface area (Å²) < 4.78 is 5.38. The van der Waals surface area contributed by atoms with Crippen molar-refractivity contribution in [3.05, 3.63) is 95.6 Å². The van der Waals surface area contributed by atoms with E-state index in [4.69, 9.17) is 4.74 Å². The average molecular weight is 371 g/mol. The second-order valence-corrected chi connectivity index (χ2v) is 7.01. The van der Waals surface area contributed by atoms with Crippen molar-refractivity contribution in [2.24, 2.45) is 0 Å². The van der Waals surface area contributed by atoms with Gasteiger partial charge in [0.05, 0.1) is 5.56 Å². The van der Waals surface area contributed by atoms with Gasteiger partial charge in [-0.15, -0.1) is 0 Å². The summed E-state index contributed by atoms with van der Waals surface area (Å²) in [5.41, 5.74) is 4.73. The minimum atomic E-state index is -0.768. The Balaban J connectivity index is 1.43. The van der Waals surface area contributed by atoms with Crippen LogP contribution in [0, 0.1) is 0 Å². The number of amides is 1. The van der Waals surface area contributed by atoms with E-state index in [-0.39, 0.29) is 5.91 Å². The molecule has 0 saturated carbocycles. The van der Waals surface area contributed by atoms with E-state index in [2.05, 4.69) is 24.3 Å². The van der Waals surface area contributed by atoms with Crippen molar-refractivity contribution in [3.63, 3.8) is 0 Å². The fourth-order valence-electron chi connectivity index (χ4n) is 3.50. The summed E-state index contributed by atoms with van der Waals surface area (Å²) in [6.45, 7) is 0.462. The molecule has 28 heavy (non-hydrogen) atoms. The summed E-state index contributed by atoms with van der Waals surface area (Å²) in [6, 6.07) is 25.6. The molecule has 3 aromatic carbocycles. The SMILES string of the molecule is CN(Cc1ccc(-c2ccccc2)cc1)C(=O)C1Cc2ccccc2C(=O)O1. The summed E-state index contributed by atoms with van der Waals surface area (Å²) in [7, 11) is 1.74. The van der Waals surface area contributed by atoms with Crippen LogP contribution in [0.25, 0.3) is 11.1 Å². The molecule has 1 amide bonds. The quantitative estimate of drug-likeness (QED) is 0.649. The number of nitrogens with zero attached hydrogens (tertiary/aromatic N) is 1. The highest BCUT2D eigenvalue weighted by atomic mass is 16.5. The second kappa shape index (κ2) is 7.69. The number of fused-ring (bicyclic) bond motifs is 1. The van der Waals surface area contributed by atoms with Gasteiger partial charge in [-0.2, -0.15) is 0 Å². The maximum Gasteiger partial charge on any atom is 0.339 e. The lowest BCUT2D eigenvalue weighted by molar-refractivity contribution is -0.140. The maximum atomic E-state index is 12.8. The molecular formula is C24H21NO3. The van der Waals surface area contributed by atoms with E-state index in [1.54, 1.807) is 24.1 Å². The molecule has 0 radical (unpaired) electrons. The molecule has 1 heterocycles. The lowest BCUT2D eigenvalue weighted by Crippen LogP contribution is -2.42. The zero-order chi connectivity index (χ0) is 19.5. The summed E-state index contributed by atoms with van der Waals surface area (Å²) >= 11 is 0. The smallest absolute Gasteiger partial charge is 0.339 e. The zero-order valence-electron chi connectivity index (χ0n) is 15.7. The minimum Gasteiger partial charge on any atom is -0.448 e. The van der Waals surface area contributed by atoms with Gasteiger partial charge in [-0.1, -0.05) is 72.8 Å². The van der Waals surface area contributed by atoms with Gasteiger partial charge >= 0.3 is 5.97 Å². The third-order valence-corrected chi connectivity index (χ3v) is 5.02. The summed E-state index contributed by atoms with van der Waals surface area (Å²) in [6.07, 6.45) is -0.353. The van der Waals surface area contributed by atoms with Crippen molar-refractivity contribution in [2.45, 2.75) is 19.1 Å². The number of rotatable bonds is 4. The molecule has 4 heteroatoms. The van der Waals surface area contributed by atoms with E-state index in [0.717, 1.165) is 22.3 Å². The molecule has 0 aliphatic carbocycles. The first-order chi connectivity index (χ1) is 13.6. The molecule has 0 bridgehead atoms. The normalized spacial score (nSPS) is 15.5. The molecule has 4 rings (SSSR count). The second-order valence-electron chi connectivity index (χ2n) is 7.01. The van der Waals surface area contributed by atoms with Crippen molar-refractivity contribution in [3.8, 4) is 11.1 Å². The lowest BCUT2D eigenvalue weighted by atomic mass is 9.98. The number of ether oxygens (including phenoxy) is 1. The van der Waals surface area contributed by atoms with Gasteiger partial charge < -0.3 is 9.64 Å². The number of cyclic esters (lactones) is 1. The third-order valence-electron chi connectivity index (χ3n) is 5.02. The maximum absolute atomic E-state index is 12.8. The molecule has 0 N–H and O–H groups in total. The molecule has 0 aromatic heterocycles. The largest absolute Gasteiger partial charge is 0.448 e. The molecular weight excluding hydrogens is 350 g/mol. The Hall–Kier alpha value is -3.40. The van der Waals surface area contributed by atoms with E-state index >= 15 is 0 Å². The van der Waals surface area contributed by atoms with Crippen molar-refractivity contribution in [1.29, 1.82) is 0 Å². The minimum absolute atomic E-state index is 0.185. The fourth-order valence-corrected chi connectivity index (χ4v) is 3.50. The topological polar surface area (TPSA) is 46.6 Å². The number of carbonyl (C=O) groups is 2. The Morgan fingerprint density at radius 3 is 2.32 bits per heavy atom. The predicted octanol–water partition coefficient (Wildman–Crippen LogP) is 4.09. The van der Waals surface area contributed by atoms with Crippen LogP contribution in [0.4, 0.5) is 0 Å². The first-order valence-electron chi connectivity index (χ1n) is 9.30. The molecule has 0 saturated heterocycles. The van der Waals surface area contributed by atoms with Crippen LogP contribution in [0.3, 0.4) is 0 Å². The molecule has 1 aliphatic rings. The molecule has 140 valence electrons. The Kier molecular flexibility index (Phi) is 4.94. The van der Waals surface area contributed by atoms with Gasteiger partial charge in [0.2, 0.25) is 0 Å². The van der Waals surface area contributed by atoms with E-state index in [9.17, 15) is 9.59 Å². The van der Waals surface area contributed by atoms with Gasteiger partial charge in [0, 0.05) is 20.0 Å². The standard InChI is InChI=1S/C24H21NO3/c1-25(16-17-11-13-19(14-12-17)18-7-3-2-4-8-18)23(26)22-15-20-9-5-6-10-21(20)24(27)28-22/h2-14,22H,15-16H2,1H3.